The van der Waals surface area contributed by atoms with Gasteiger partial charge >= 0.3 is 18.1 Å². The first-order valence-electron chi connectivity index (χ1n) is 9.34. The molecule has 0 saturated carbocycles. The van der Waals surface area contributed by atoms with Crippen LogP contribution in [0.2, 0.25) is 0 Å². The number of carbonyl (C=O) groups excluding carboxylic acids is 2. The second-order valence-electron chi connectivity index (χ2n) is 7.34. The summed E-state index contributed by atoms with van der Waals surface area (Å²) in [6.07, 6.45) is -5.20. The van der Waals surface area contributed by atoms with Gasteiger partial charge in [-0.25, -0.2) is 13.2 Å². The number of carbonyl (C=O) groups is 2. The Bertz CT molecular complexity index is 901. The van der Waals surface area contributed by atoms with Crippen molar-refractivity contribution < 1.29 is 45.4 Å². The number of likely N-dealkylation sites (tertiary alicyclic amines) is 1. The maximum Gasteiger partial charge on any atom is 0.497 e. The summed E-state index contributed by atoms with van der Waals surface area (Å²) >= 11 is 4.53. The molecule has 0 aliphatic carbocycles. The topological polar surface area (TPSA) is 98.8 Å². The molecule has 2 rings (SSSR count). The number of ether oxygens (including phenoxy) is 1. The van der Waals surface area contributed by atoms with Crippen LogP contribution in [0.5, 0.6) is 0 Å². The Kier molecular flexibility index (Phi) is 7.67. The summed E-state index contributed by atoms with van der Waals surface area (Å²) in [7, 11) is -2.82. The van der Waals surface area contributed by atoms with E-state index < -0.39 is 43.6 Å². The molecule has 1 fully saturated rings. The van der Waals surface area contributed by atoms with E-state index in [1.165, 1.54) is 31.3 Å². The molecule has 1 N–H and O–H groups in total. The highest BCUT2D eigenvalue weighted by Gasteiger charge is 2.53. The minimum Gasteiger partial charge on any atom is -0.465 e. The number of quaternary nitrogens is 1. The number of sulfonamides is 1. The van der Waals surface area contributed by atoms with Gasteiger partial charge < -0.3 is 4.74 Å². The largest absolute Gasteiger partial charge is 0.497 e. The molecule has 0 bridgehead atoms. The third-order valence-electron chi connectivity index (χ3n) is 4.96. The molecule has 1 aromatic rings. The molecular weight excluding hydrogens is 461 g/mol. The second-order valence-corrected chi connectivity index (χ2v) is 9.95. The number of benzene rings is 1. The molecule has 8 nitrogen and oxygen atoms in total. The van der Waals surface area contributed by atoms with Gasteiger partial charge in [-0.15, -0.1) is 4.65 Å². The van der Waals surface area contributed by atoms with Crippen LogP contribution in [0.4, 0.5) is 13.2 Å². The standard InChI is InChI=1S/C18H23F3N2O6S2/c1-3-28-15(24)14(22-31(26,27)13-7-5-4-6-8-13)17(30)9-11-23(2,12-10-17)29-16(25)18(19,20)21/h4-8,14,22H,3,9-12H2,1-2H3/p+1. The summed E-state index contributed by atoms with van der Waals surface area (Å²) in [5.41, 5.74) is 0. The van der Waals surface area contributed by atoms with E-state index in [2.05, 4.69) is 22.2 Å². The first kappa shape index (κ1) is 25.4. The van der Waals surface area contributed by atoms with E-state index in [1.807, 2.05) is 0 Å². The SMILES string of the molecule is CCOC(=O)C(NS(=O)(=O)c1ccccc1)C1(S)CC[N+](C)(OC(=O)C(F)(F)F)CC1. The maximum absolute atomic E-state index is 12.8. The number of hydrogen-bond donors (Lipinski definition) is 2. The van der Waals surface area contributed by atoms with Crippen molar-refractivity contribution in [1.29, 1.82) is 0 Å². The molecular formula is C18H24F3N2O6S2+. The van der Waals surface area contributed by atoms with Crippen LogP contribution in [0.3, 0.4) is 0 Å². The van der Waals surface area contributed by atoms with E-state index >= 15 is 0 Å². The van der Waals surface area contributed by atoms with Crippen LogP contribution in [0.25, 0.3) is 0 Å². The lowest BCUT2D eigenvalue weighted by Crippen LogP contribution is -2.62. The minimum atomic E-state index is -5.14. The molecule has 0 aromatic heterocycles. The highest BCUT2D eigenvalue weighted by Crippen LogP contribution is 2.37. The first-order chi connectivity index (χ1) is 14.2. The molecule has 1 heterocycles. The van der Waals surface area contributed by atoms with Crippen molar-refractivity contribution in [3.05, 3.63) is 30.3 Å². The van der Waals surface area contributed by atoms with Gasteiger partial charge in [0.15, 0.2) is 0 Å². The summed E-state index contributed by atoms with van der Waals surface area (Å²) in [6.45, 7) is 1.31. The van der Waals surface area contributed by atoms with Crippen molar-refractivity contribution in [3.63, 3.8) is 0 Å². The zero-order chi connectivity index (χ0) is 23.5. The van der Waals surface area contributed by atoms with Crippen molar-refractivity contribution >= 4 is 34.6 Å². The summed E-state index contributed by atoms with van der Waals surface area (Å²) < 4.78 is 68.6. The van der Waals surface area contributed by atoms with Crippen molar-refractivity contribution in [2.45, 2.75) is 41.6 Å². The summed E-state index contributed by atoms with van der Waals surface area (Å²) in [5, 5.41) is 0. The normalized spacial score (nSPS) is 25.5. The van der Waals surface area contributed by atoms with Crippen molar-refractivity contribution in [2.24, 2.45) is 0 Å². The Hall–Kier alpha value is -1.83. The summed E-state index contributed by atoms with van der Waals surface area (Å²) in [6, 6.07) is 5.95. The van der Waals surface area contributed by atoms with E-state index in [4.69, 9.17) is 4.74 Å². The molecule has 1 unspecified atom stereocenters. The number of alkyl halides is 3. The predicted molar refractivity (Wildman–Crippen MR) is 106 cm³/mol. The molecule has 1 aliphatic heterocycles. The Balaban J connectivity index is 2.23. The zero-order valence-electron chi connectivity index (χ0n) is 16.9. The van der Waals surface area contributed by atoms with Gasteiger partial charge in [0.05, 0.1) is 16.2 Å². The highest BCUT2D eigenvalue weighted by molar-refractivity contribution is 7.89. The van der Waals surface area contributed by atoms with E-state index in [9.17, 15) is 31.2 Å². The average Bonchev–Trinajstić information content (AvgIpc) is 2.69. The molecule has 1 aromatic carbocycles. The first-order valence-corrected chi connectivity index (χ1v) is 11.3. The van der Waals surface area contributed by atoms with Gasteiger partial charge in [0.1, 0.15) is 26.2 Å². The molecule has 0 amide bonds. The lowest BCUT2D eigenvalue weighted by atomic mass is 9.88. The van der Waals surface area contributed by atoms with Gasteiger partial charge in [0.25, 0.3) is 0 Å². The maximum atomic E-state index is 12.8. The van der Waals surface area contributed by atoms with Crippen LogP contribution in [0, 0.1) is 0 Å². The van der Waals surface area contributed by atoms with Crippen LogP contribution < -0.4 is 4.72 Å². The van der Waals surface area contributed by atoms with Crippen molar-refractivity contribution in [1.82, 2.24) is 4.72 Å². The number of thiol groups is 1. The lowest BCUT2D eigenvalue weighted by Gasteiger charge is -2.43. The van der Waals surface area contributed by atoms with Gasteiger partial charge in [-0.1, -0.05) is 18.2 Å². The van der Waals surface area contributed by atoms with Gasteiger partial charge in [-0.05, 0) is 19.1 Å². The summed E-state index contributed by atoms with van der Waals surface area (Å²) in [4.78, 5) is 28.3. The fourth-order valence-corrected chi connectivity index (χ4v) is 4.90. The molecule has 13 heteroatoms. The second kappa shape index (κ2) is 9.35. The quantitative estimate of drug-likeness (QED) is 0.347. The number of piperidine rings is 1. The fraction of sp³-hybridized carbons (Fsp3) is 0.556. The van der Waals surface area contributed by atoms with E-state index in [0.29, 0.717) is 0 Å². The Labute approximate surface area is 183 Å². The van der Waals surface area contributed by atoms with Crippen LogP contribution in [0.15, 0.2) is 35.2 Å². The number of hydroxylamine groups is 3. The minimum absolute atomic E-state index is 0.0107. The Morgan fingerprint density at radius 2 is 1.77 bits per heavy atom. The molecule has 0 radical (unpaired) electrons. The lowest BCUT2D eigenvalue weighted by molar-refractivity contribution is -1.08. The van der Waals surface area contributed by atoms with E-state index in [0.717, 1.165) is 0 Å². The number of nitrogens with one attached hydrogen (secondary N) is 1. The third-order valence-corrected chi connectivity index (χ3v) is 7.10. The Morgan fingerprint density at radius 3 is 2.26 bits per heavy atom. The highest BCUT2D eigenvalue weighted by atomic mass is 32.2. The van der Waals surface area contributed by atoms with Crippen LogP contribution in [-0.4, -0.2) is 68.7 Å². The molecule has 0 spiro atoms. The van der Waals surface area contributed by atoms with Gasteiger partial charge in [-0.3, -0.25) is 9.63 Å². The van der Waals surface area contributed by atoms with E-state index in [-0.39, 0.29) is 37.4 Å². The molecule has 1 saturated heterocycles. The number of rotatable bonds is 7. The van der Waals surface area contributed by atoms with Gasteiger partial charge in [-0.2, -0.15) is 30.5 Å². The number of esters is 1. The molecule has 31 heavy (non-hydrogen) atoms. The predicted octanol–water partition coefficient (Wildman–Crippen LogP) is 1.83. The smallest absolute Gasteiger partial charge is 0.465 e. The monoisotopic (exact) mass is 485 g/mol. The number of nitrogens with zero attached hydrogens (tertiary/aromatic N) is 1. The molecule has 1 atom stereocenters. The zero-order valence-corrected chi connectivity index (χ0v) is 18.6. The van der Waals surface area contributed by atoms with Crippen LogP contribution >= 0.6 is 12.6 Å². The van der Waals surface area contributed by atoms with Crippen LogP contribution in [-0.2, 0) is 29.2 Å². The molecule has 1 aliphatic rings. The third kappa shape index (κ3) is 6.34. The van der Waals surface area contributed by atoms with Crippen molar-refractivity contribution in [2.75, 3.05) is 26.7 Å². The number of halogens is 3. The average molecular weight is 486 g/mol. The van der Waals surface area contributed by atoms with E-state index in [1.54, 1.807) is 13.0 Å². The van der Waals surface area contributed by atoms with Gasteiger partial charge in [0.2, 0.25) is 10.0 Å². The van der Waals surface area contributed by atoms with Gasteiger partial charge in [0, 0.05) is 12.8 Å². The van der Waals surface area contributed by atoms with Crippen LogP contribution in [0.1, 0.15) is 19.8 Å². The molecule has 174 valence electrons. The number of hydrogen-bond acceptors (Lipinski definition) is 7. The fourth-order valence-electron chi connectivity index (χ4n) is 3.15. The Morgan fingerprint density at radius 1 is 1.23 bits per heavy atom. The van der Waals surface area contributed by atoms with Crippen molar-refractivity contribution in [3.8, 4) is 0 Å². The summed E-state index contributed by atoms with van der Waals surface area (Å²) in [5.74, 6) is -3.19.